The number of amides is 2. The minimum absolute atomic E-state index is 0.00969. The van der Waals surface area contributed by atoms with Crippen LogP contribution in [0.3, 0.4) is 0 Å². The minimum atomic E-state index is 0.00969. The number of hydrogen-bond acceptors (Lipinski definition) is 4. The van der Waals surface area contributed by atoms with Crippen LogP contribution in [0.25, 0.3) is 0 Å². The van der Waals surface area contributed by atoms with Crippen LogP contribution in [0.1, 0.15) is 28.8 Å². The maximum Gasteiger partial charge on any atom is 0.317 e. The molecule has 0 saturated carbocycles. The Bertz CT molecular complexity index is 706. The van der Waals surface area contributed by atoms with Crippen LogP contribution in [0.5, 0.6) is 0 Å². The highest BCUT2D eigenvalue weighted by molar-refractivity contribution is 7.10. The number of urea groups is 1. The summed E-state index contributed by atoms with van der Waals surface area (Å²) < 4.78 is 0. The van der Waals surface area contributed by atoms with Crippen molar-refractivity contribution in [3.63, 3.8) is 0 Å². The van der Waals surface area contributed by atoms with E-state index in [-0.39, 0.29) is 6.03 Å². The second-order valence-corrected chi connectivity index (χ2v) is 7.42. The first-order chi connectivity index (χ1) is 11.8. The van der Waals surface area contributed by atoms with E-state index in [1.54, 1.807) is 11.3 Å². The monoisotopic (exact) mass is 342 g/mol. The lowest BCUT2D eigenvalue weighted by Crippen LogP contribution is -2.42. The Balaban J connectivity index is 1.31. The maximum absolute atomic E-state index is 12.4. The summed E-state index contributed by atoms with van der Waals surface area (Å²) in [5.74, 6) is 1.04. The van der Waals surface area contributed by atoms with Crippen LogP contribution in [-0.2, 0) is 19.5 Å². The molecule has 2 aromatic heterocycles. The van der Waals surface area contributed by atoms with Crippen LogP contribution < -0.4 is 10.2 Å². The summed E-state index contributed by atoms with van der Waals surface area (Å²) in [5.41, 5.74) is 2.33. The topological polar surface area (TPSA) is 48.5 Å². The van der Waals surface area contributed by atoms with E-state index in [0.717, 1.165) is 44.0 Å². The molecule has 0 aromatic carbocycles. The first-order valence-electron chi connectivity index (χ1n) is 8.57. The lowest BCUT2D eigenvalue weighted by molar-refractivity contribution is 0.192. The molecule has 0 aliphatic carbocycles. The van der Waals surface area contributed by atoms with Crippen LogP contribution in [-0.4, -0.2) is 35.5 Å². The zero-order chi connectivity index (χ0) is 16.4. The largest absolute Gasteiger partial charge is 0.357 e. The summed E-state index contributed by atoms with van der Waals surface area (Å²) in [6, 6.07) is 6.26. The van der Waals surface area contributed by atoms with Crippen LogP contribution in [0.2, 0.25) is 0 Å². The van der Waals surface area contributed by atoms with Crippen molar-refractivity contribution in [2.24, 2.45) is 0 Å². The van der Waals surface area contributed by atoms with E-state index in [4.69, 9.17) is 0 Å². The highest BCUT2D eigenvalue weighted by atomic mass is 32.1. The molecular weight excluding hydrogens is 320 g/mol. The van der Waals surface area contributed by atoms with E-state index in [9.17, 15) is 4.79 Å². The van der Waals surface area contributed by atoms with Crippen LogP contribution in [0, 0.1) is 0 Å². The number of aromatic nitrogens is 1. The third kappa shape index (κ3) is 3.24. The molecule has 4 heterocycles. The van der Waals surface area contributed by atoms with Crippen LogP contribution in [0.15, 0.2) is 29.8 Å². The number of anilines is 1. The average Bonchev–Trinajstić information content (AvgIpc) is 3.30. The normalized spacial score (nSPS) is 17.0. The molecule has 4 rings (SSSR count). The van der Waals surface area contributed by atoms with Crippen molar-refractivity contribution in [2.45, 2.75) is 32.4 Å². The summed E-state index contributed by atoms with van der Waals surface area (Å²) in [7, 11) is 0. The third-order valence-corrected chi connectivity index (χ3v) is 5.80. The second kappa shape index (κ2) is 6.81. The van der Waals surface area contributed by atoms with Crippen molar-refractivity contribution in [1.29, 1.82) is 0 Å². The Morgan fingerprint density at radius 2 is 2.08 bits per heavy atom. The van der Waals surface area contributed by atoms with Crippen molar-refractivity contribution in [3.05, 3.63) is 45.8 Å². The SMILES string of the molecule is O=C(NCc1ccc(N2CCCC2)nc1)N1CCc2sccc2C1. The van der Waals surface area contributed by atoms with E-state index in [1.165, 1.54) is 23.3 Å². The summed E-state index contributed by atoms with van der Waals surface area (Å²) >= 11 is 1.79. The molecule has 1 fully saturated rings. The molecule has 0 spiro atoms. The molecule has 2 aromatic rings. The van der Waals surface area contributed by atoms with Crippen molar-refractivity contribution in [1.82, 2.24) is 15.2 Å². The van der Waals surface area contributed by atoms with Crippen molar-refractivity contribution in [3.8, 4) is 0 Å². The molecule has 5 nitrogen and oxygen atoms in total. The molecule has 0 unspecified atom stereocenters. The smallest absolute Gasteiger partial charge is 0.317 e. The van der Waals surface area contributed by atoms with Gasteiger partial charge in [-0.15, -0.1) is 11.3 Å². The van der Waals surface area contributed by atoms with Crippen LogP contribution in [0.4, 0.5) is 10.6 Å². The number of rotatable bonds is 3. The number of pyridine rings is 1. The number of thiophene rings is 1. The van der Waals surface area contributed by atoms with Gasteiger partial charge in [-0.3, -0.25) is 0 Å². The first-order valence-corrected chi connectivity index (χ1v) is 9.45. The quantitative estimate of drug-likeness (QED) is 0.933. The molecule has 0 atom stereocenters. The summed E-state index contributed by atoms with van der Waals surface area (Å²) in [6.07, 6.45) is 5.34. The van der Waals surface area contributed by atoms with Gasteiger partial charge in [-0.05, 0) is 47.9 Å². The van der Waals surface area contributed by atoms with E-state index >= 15 is 0 Å². The zero-order valence-corrected chi connectivity index (χ0v) is 14.5. The number of nitrogens with one attached hydrogen (secondary N) is 1. The minimum Gasteiger partial charge on any atom is -0.357 e. The zero-order valence-electron chi connectivity index (χ0n) is 13.7. The Morgan fingerprint density at radius 3 is 2.88 bits per heavy atom. The molecule has 1 saturated heterocycles. The van der Waals surface area contributed by atoms with Gasteiger partial charge < -0.3 is 15.1 Å². The standard InChI is InChI=1S/C18H22N4OS/c23-18(22-9-5-16-15(13-22)6-10-24-16)20-12-14-3-4-17(19-11-14)21-7-1-2-8-21/h3-4,6,10-11H,1-2,5,7-9,12-13H2,(H,20,23). The summed E-state index contributed by atoms with van der Waals surface area (Å²) in [6.45, 7) is 4.24. The third-order valence-electron chi connectivity index (χ3n) is 4.78. The molecule has 1 N–H and O–H groups in total. The van der Waals surface area contributed by atoms with Gasteiger partial charge in [0.1, 0.15) is 5.82 Å². The molecule has 2 amide bonds. The molecular formula is C18H22N4OS. The molecule has 126 valence electrons. The maximum atomic E-state index is 12.4. The van der Waals surface area contributed by atoms with Gasteiger partial charge in [0.05, 0.1) is 0 Å². The number of carbonyl (C=O) groups excluding carboxylic acids is 1. The predicted octanol–water partition coefficient (Wildman–Crippen LogP) is 3.01. The Labute approximate surface area is 146 Å². The second-order valence-electron chi connectivity index (χ2n) is 6.42. The fraction of sp³-hybridized carbons (Fsp3) is 0.444. The van der Waals surface area contributed by atoms with Gasteiger partial charge in [0.15, 0.2) is 0 Å². The van der Waals surface area contributed by atoms with Crippen molar-refractivity contribution < 1.29 is 4.79 Å². The lowest BCUT2D eigenvalue weighted by Gasteiger charge is -2.27. The van der Waals surface area contributed by atoms with Crippen LogP contribution >= 0.6 is 11.3 Å². The fourth-order valence-corrected chi connectivity index (χ4v) is 4.26. The van der Waals surface area contributed by atoms with Gasteiger partial charge in [0, 0.05) is 43.8 Å². The molecule has 2 aliphatic rings. The molecule has 0 radical (unpaired) electrons. The number of fused-ring (bicyclic) bond motifs is 1. The molecule has 24 heavy (non-hydrogen) atoms. The van der Waals surface area contributed by atoms with Gasteiger partial charge >= 0.3 is 6.03 Å². The van der Waals surface area contributed by atoms with Crippen molar-refractivity contribution >= 4 is 23.2 Å². The Morgan fingerprint density at radius 1 is 1.21 bits per heavy atom. The van der Waals surface area contributed by atoms with Gasteiger partial charge in [-0.2, -0.15) is 0 Å². The Kier molecular flexibility index (Phi) is 4.38. The highest BCUT2D eigenvalue weighted by Crippen LogP contribution is 2.24. The summed E-state index contributed by atoms with van der Waals surface area (Å²) in [5, 5.41) is 5.13. The fourth-order valence-electron chi connectivity index (χ4n) is 3.37. The number of hydrogen-bond donors (Lipinski definition) is 1. The number of nitrogens with zero attached hydrogens (tertiary/aromatic N) is 3. The van der Waals surface area contributed by atoms with Gasteiger partial charge in [-0.1, -0.05) is 6.07 Å². The predicted molar refractivity (Wildman–Crippen MR) is 96.4 cm³/mol. The molecule has 6 heteroatoms. The van der Waals surface area contributed by atoms with Gasteiger partial charge in [0.25, 0.3) is 0 Å². The average molecular weight is 342 g/mol. The molecule has 2 aliphatic heterocycles. The van der Waals surface area contributed by atoms with Gasteiger partial charge in [0.2, 0.25) is 0 Å². The van der Waals surface area contributed by atoms with Gasteiger partial charge in [-0.25, -0.2) is 9.78 Å². The highest BCUT2D eigenvalue weighted by Gasteiger charge is 2.21. The Hall–Kier alpha value is -2.08. The lowest BCUT2D eigenvalue weighted by atomic mass is 10.1. The molecule has 0 bridgehead atoms. The first kappa shape index (κ1) is 15.4. The van der Waals surface area contributed by atoms with E-state index in [1.807, 2.05) is 11.1 Å². The summed E-state index contributed by atoms with van der Waals surface area (Å²) in [4.78, 5) is 22.5. The van der Waals surface area contributed by atoms with E-state index in [2.05, 4.69) is 38.8 Å². The van der Waals surface area contributed by atoms with E-state index < -0.39 is 0 Å². The van der Waals surface area contributed by atoms with E-state index in [0.29, 0.717) is 6.54 Å². The van der Waals surface area contributed by atoms with Crippen molar-refractivity contribution in [2.75, 3.05) is 24.5 Å². The number of carbonyl (C=O) groups is 1.